The first-order valence-corrected chi connectivity index (χ1v) is 10.3. The quantitative estimate of drug-likeness (QED) is 0.495. The van der Waals surface area contributed by atoms with Crippen LogP contribution in [0.2, 0.25) is 0 Å². The molecule has 0 aliphatic carbocycles. The minimum absolute atomic E-state index is 0. The van der Waals surface area contributed by atoms with Crippen molar-refractivity contribution in [1.82, 2.24) is 4.90 Å². The molecule has 6 nitrogen and oxygen atoms in total. The second kappa shape index (κ2) is 10.5. The Morgan fingerprint density at radius 1 is 0.926 bits per heavy atom. The fourth-order valence-corrected chi connectivity index (χ4v) is 3.69. The summed E-state index contributed by atoms with van der Waals surface area (Å²) in [6.07, 6.45) is 2.27. The molecule has 1 saturated heterocycles. The predicted octanol–water partition coefficient (Wildman–Crippen LogP) is -0.682. The predicted molar refractivity (Wildman–Crippen MR) is 103 cm³/mol. The number of anilines is 2. The molecule has 0 atom stereocenters. The van der Waals surface area contributed by atoms with Gasteiger partial charge in [0.25, 0.3) is 0 Å². The van der Waals surface area contributed by atoms with Crippen molar-refractivity contribution < 1.29 is 42.5 Å². The van der Waals surface area contributed by atoms with E-state index >= 15 is 0 Å². The van der Waals surface area contributed by atoms with E-state index in [-0.39, 0.29) is 29.6 Å². The van der Waals surface area contributed by atoms with Gasteiger partial charge in [-0.05, 0) is 49.2 Å². The van der Waals surface area contributed by atoms with Gasteiger partial charge in [-0.2, -0.15) is 0 Å². The molecule has 2 aromatic rings. The first-order chi connectivity index (χ1) is 12.5. The van der Waals surface area contributed by atoms with Gasteiger partial charge in [-0.15, -0.1) is 0 Å². The minimum Gasteiger partial charge on any atom is -0.731 e. The SMILES string of the molecule is O=S(=O)([O-])Nc1ccc(N2CCN(CCCc3ccccc3)CC2)cc1.[Na+]. The zero-order valence-electron chi connectivity index (χ0n) is 15.7. The van der Waals surface area contributed by atoms with Gasteiger partial charge in [0.05, 0.1) is 0 Å². The van der Waals surface area contributed by atoms with E-state index in [1.165, 1.54) is 5.56 Å². The van der Waals surface area contributed by atoms with Gasteiger partial charge in [-0.3, -0.25) is 9.62 Å². The van der Waals surface area contributed by atoms with Gasteiger partial charge in [0.2, 0.25) is 0 Å². The van der Waals surface area contributed by atoms with Gasteiger partial charge >= 0.3 is 29.6 Å². The average molecular weight is 397 g/mol. The van der Waals surface area contributed by atoms with Crippen LogP contribution in [0.5, 0.6) is 0 Å². The molecule has 0 spiro atoms. The topological polar surface area (TPSA) is 75.7 Å². The summed E-state index contributed by atoms with van der Waals surface area (Å²) in [5.74, 6) is 0. The third kappa shape index (κ3) is 7.44. The summed E-state index contributed by atoms with van der Waals surface area (Å²) < 4.78 is 34.1. The Morgan fingerprint density at radius 2 is 1.56 bits per heavy atom. The van der Waals surface area contributed by atoms with Crippen LogP contribution < -0.4 is 39.2 Å². The van der Waals surface area contributed by atoms with E-state index in [1.54, 1.807) is 12.1 Å². The Hall–Kier alpha value is -1.09. The van der Waals surface area contributed by atoms with Crippen molar-refractivity contribution in [3.8, 4) is 0 Å². The zero-order valence-corrected chi connectivity index (χ0v) is 18.5. The van der Waals surface area contributed by atoms with E-state index in [1.807, 2.05) is 22.9 Å². The molecule has 1 N–H and O–H groups in total. The molecule has 1 aliphatic rings. The molecule has 0 bridgehead atoms. The number of rotatable bonds is 7. The van der Waals surface area contributed by atoms with Gasteiger partial charge in [0.1, 0.15) is 0 Å². The molecule has 0 saturated carbocycles. The van der Waals surface area contributed by atoms with Crippen molar-refractivity contribution in [3.63, 3.8) is 0 Å². The number of hydrogen-bond acceptors (Lipinski definition) is 5. The van der Waals surface area contributed by atoms with Crippen molar-refractivity contribution in [3.05, 3.63) is 60.2 Å². The zero-order chi connectivity index (χ0) is 18.4. The van der Waals surface area contributed by atoms with Gasteiger partial charge in [0.15, 0.2) is 10.3 Å². The number of piperazine rings is 1. The maximum absolute atomic E-state index is 10.7. The van der Waals surface area contributed by atoms with E-state index in [4.69, 9.17) is 0 Å². The molecule has 1 aliphatic heterocycles. The minimum atomic E-state index is -4.47. The summed E-state index contributed by atoms with van der Waals surface area (Å²) in [5, 5.41) is 0. The van der Waals surface area contributed by atoms with E-state index in [2.05, 4.69) is 34.1 Å². The Bertz CT molecular complexity index is 793. The summed E-state index contributed by atoms with van der Waals surface area (Å²) in [6, 6.07) is 17.5. The van der Waals surface area contributed by atoms with Crippen LogP contribution in [0.1, 0.15) is 12.0 Å². The number of benzene rings is 2. The molecule has 8 heteroatoms. The number of nitrogens with zero attached hydrogens (tertiary/aromatic N) is 2. The molecule has 0 aromatic heterocycles. The van der Waals surface area contributed by atoms with E-state index in [0.717, 1.165) is 51.3 Å². The first kappa shape index (κ1) is 22.2. The van der Waals surface area contributed by atoms with Crippen molar-refractivity contribution >= 4 is 21.7 Å². The maximum Gasteiger partial charge on any atom is 1.00 e. The van der Waals surface area contributed by atoms with Gasteiger partial charge < -0.3 is 9.45 Å². The van der Waals surface area contributed by atoms with Crippen LogP contribution in [-0.4, -0.2) is 50.6 Å². The molecule has 3 rings (SSSR count). The third-order valence-corrected chi connectivity index (χ3v) is 5.12. The fraction of sp³-hybridized carbons (Fsp3) is 0.368. The van der Waals surface area contributed by atoms with Crippen LogP contribution in [0.3, 0.4) is 0 Å². The molecule has 0 unspecified atom stereocenters. The average Bonchev–Trinajstić information content (AvgIpc) is 2.63. The largest absolute Gasteiger partial charge is 1.00 e. The smallest absolute Gasteiger partial charge is 0.731 e. The molecular formula is C19H24N3NaO3S. The Labute approximate surface area is 183 Å². The van der Waals surface area contributed by atoms with Gasteiger partial charge in [-0.25, -0.2) is 8.42 Å². The van der Waals surface area contributed by atoms with Crippen LogP contribution in [-0.2, 0) is 16.7 Å². The number of aryl methyl sites for hydroxylation is 1. The van der Waals surface area contributed by atoms with Crippen molar-refractivity contribution in [1.29, 1.82) is 0 Å². The summed E-state index contributed by atoms with van der Waals surface area (Å²) >= 11 is 0. The fourth-order valence-electron chi connectivity index (χ4n) is 3.27. The van der Waals surface area contributed by atoms with Crippen LogP contribution in [0.25, 0.3) is 0 Å². The van der Waals surface area contributed by atoms with E-state index in [0.29, 0.717) is 5.69 Å². The Balaban J connectivity index is 0.00000261. The number of nitrogens with one attached hydrogen (secondary N) is 1. The van der Waals surface area contributed by atoms with Crippen molar-refractivity contribution in [2.45, 2.75) is 12.8 Å². The van der Waals surface area contributed by atoms with Crippen LogP contribution in [0.4, 0.5) is 11.4 Å². The van der Waals surface area contributed by atoms with Crippen molar-refractivity contribution in [2.75, 3.05) is 42.3 Å². The molecule has 2 aromatic carbocycles. The second-order valence-corrected chi connectivity index (χ2v) is 7.63. The van der Waals surface area contributed by atoms with Gasteiger partial charge in [0, 0.05) is 37.6 Å². The normalized spacial score (nSPS) is 15.2. The Morgan fingerprint density at radius 3 is 2.15 bits per heavy atom. The molecule has 1 fully saturated rings. The maximum atomic E-state index is 10.7. The molecule has 140 valence electrons. The molecule has 0 radical (unpaired) electrons. The summed E-state index contributed by atoms with van der Waals surface area (Å²) in [7, 11) is -4.47. The standard InChI is InChI=1S/C19H25N3O3S.Na/c23-26(24,25)20-18-8-10-19(11-9-18)22-15-13-21(14-16-22)12-4-7-17-5-2-1-3-6-17;/h1-3,5-6,8-11,20H,4,7,12-16H2,(H,23,24,25);/q;+1/p-1. The molecule has 0 amide bonds. The third-order valence-electron chi connectivity index (χ3n) is 4.63. The molecule has 27 heavy (non-hydrogen) atoms. The van der Waals surface area contributed by atoms with E-state index in [9.17, 15) is 13.0 Å². The van der Waals surface area contributed by atoms with Crippen LogP contribution >= 0.6 is 0 Å². The van der Waals surface area contributed by atoms with Gasteiger partial charge in [-0.1, -0.05) is 30.3 Å². The second-order valence-electron chi connectivity index (χ2n) is 6.52. The van der Waals surface area contributed by atoms with Crippen LogP contribution in [0.15, 0.2) is 54.6 Å². The summed E-state index contributed by atoms with van der Waals surface area (Å²) in [5.41, 5.74) is 2.73. The van der Waals surface area contributed by atoms with E-state index < -0.39 is 10.3 Å². The van der Waals surface area contributed by atoms with Crippen LogP contribution in [0, 0.1) is 0 Å². The summed E-state index contributed by atoms with van der Waals surface area (Å²) in [4.78, 5) is 4.77. The summed E-state index contributed by atoms with van der Waals surface area (Å²) in [6.45, 7) is 5.02. The van der Waals surface area contributed by atoms with Crippen molar-refractivity contribution in [2.24, 2.45) is 0 Å². The first-order valence-electron chi connectivity index (χ1n) is 8.84. The molecular weight excluding hydrogens is 373 g/mol. The monoisotopic (exact) mass is 397 g/mol. The number of hydrogen-bond donors (Lipinski definition) is 1. The molecule has 1 heterocycles. The Kier molecular flexibility index (Phi) is 8.60.